The SMILES string of the molecule is CC(C)n1nc(-c2cc(OCC(F)(F)F)ncc2F)c2ncc(C(=O)CC3(C)CS(=O)(=O)C3)cc21. The maximum Gasteiger partial charge on any atom is 0.422 e. The Hall–Kier alpha value is -3.09. The van der Waals surface area contributed by atoms with Crippen LogP contribution >= 0.6 is 0 Å². The lowest BCUT2D eigenvalue weighted by atomic mass is 9.86. The van der Waals surface area contributed by atoms with Gasteiger partial charge in [0.2, 0.25) is 5.88 Å². The van der Waals surface area contributed by atoms with Crippen molar-refractivity contribution in [2.45, 2.75) is 39.4 Å². The number of ketones is 1. The van der Waals surface area contributed by atoms with Crippen molar-refractivity contribution in [3.05, 3.63) is 35.9 Å². The summed E-state index contributed by atoms with van der Waals surface area (Å²) in [6, 6.07) is 2.35. The van der Waals surface area contributed by atoms with Gasteiger partial charge in [-0.25, -0.2) is 17.8 Å². The van der Waals surface area contributed by atoms with Gasteiger partial charge in [0.25, 0.3) is 0 Å². The van der Waals surface area contributed by atoms with E-state index in [-0.39, 0.29) is 52.1 Å². The fourth-order valence-electron chi connectivity index (χ4n) is 4.19. The fourth-order valence-corrected chi connectivity index (χ4v) is 6.44. The van der Waals surface area contributed by atoms with E-state index in [2.05, 4.69) is 19.8 Å². The molecule has 0 spiro atoms. The maximum atomic E-state index is 14.6. The van der Waals surface area contributed by atoms with Gasteiger partial charge < -0.3 is 4.74 Å². The minimum atomic E-state index is -4.59. The minimum absolute atomic E-state index is 0.0287. The fraction of sp³-hybridized carbons (Fsp3) is 0.455. The summed E-state index contributed by atoms with van der Waals surface area (Å²) in [5.74, 6) is -1.67. The van der Waals surface area contributed by atoms with Crippen LogP contribution in [0.15, 0.2) is 24.5 Å². The Morgan fingerprint density at radius 3 is 2.49 bits per heavy atom. The van der Waals surface area contributed by atoms with Crippen molar-refractivity contribution in [1.29, 1.82) is 0 Å². The first-order valence-electron chi connectivity index (χ1n) is 10.6. The third kappa shape index (κ3) is 5.29. The Balaban J connectivity index is 1.71. The van der Waals surface area contributed by atoms with Gasteiger partial charge in [-0.3, -0.25) is 14.5 Å². The van der Waals surface area contributed by atoms with Crippen molar-refractivity contribution in [2.24, 2.45) is 5.41 Å². The Labute approximate surface area is 198 Å². The van der Waals surface area contributed by atoms with E-state index in [1.807, 2.05) is 13.8 Å². The lowest BCUT2D eigenvalue weighted by molar-refractivity contribution is -0.154. The summed E-state index contributed by atoms with van der Waals surface area (Å²) in [7, 11) is -3.11. The summed E-state index contributed by atoms with van der Waals surface area (Å²) >= 11 is 0. The third-order valence-corrected chi connectivity index (χ3v) is 7.82. The van der Waals surface area contributed by atoms with Crippen molar-refractivity contribution in [3.8, 4) is 17.1 Å². The monoisotopic (exact) mass is 514 g/mol. The molecular weight excluding hydrogens is 492 g/mol. The van der Waals surface area contributed by atoms with E-state index >= 15 is 0 Å². The highest BCUT2D eigenvalue weighted by Gasteiger charge is 2.45. The molecule has 0 aliphatic carbocycles. The summed E-state index contributed by atoms with van der Waals surface area (Å²) < 4.78 is 81.4. The Morgan fingerprint density at radius 1 is 1.20 bits per heavy atom. The number of nitrogens with zero attached hydrogens (tertiary/aromatic N) is 4. The molecule has 0 N–H and O–H groups in total. The van der Waals surface area contributed by atoms with Crippen LogP contribution in [0.2, 0.25) is 0 Å². The molecule has 0 saturated carbocycles. The topological polar surface area (TPSA) is 104 Å². The Kier molecular flexibility index (Phi) is 6.10. The highest BCUT2D eigenvalue weighted by atomic mass is 32.2. The minimum Gasteiger partial charge on any atom is -0.468 e. The molecule has 1 saturated heterocycles. The van der Waals surface area contributed by atoms with Gasteiger partial charge >= 0.3 is 6.18 Å². The second-order valence-electron chi connectivity index (χ2n) is 9.33. The van der Waals surface area contributed by atoms with E-state index < -0.39 is 39.7 Å². The number of aromatic nitrogens is 4. The smallest absolute Gasteiger partial charge is 0.422 e. The van der Waals surface area contributed by atoms with E-state index in [1.165, 1.54) is 10.9 Å². The number of rotatable bonds is 7. The molecule has 35 heavy (non-hydrogen) atoms. The molecule has 0 amide bonds. The van der Waals surface area contributed by atoms with Crippen LogP contribution in [0.25, 0.3) is 22.3 Å². The first-order valence-corrected chi connectivity index (χ1v) is 12.5. The molecule has 4 heterocycles. The zero-order valence-corrected chi connectivity index (χ0v) is 19.9. The van der Waals surface area contributed by atoms with Crippen LogP contribution in [0.5, 0.6) is 5.88 Å². The molecule has 1 fully saturated rings. The second kappa shape index (κ2) is 8.54. The highest BCUT2D eigenvalue weighted by molar-refractivity contribution is 7.92. The zero-order valence-electron chi connectivity index (χ0n) is 19.1. The first-order chi connectivity index (χ1) is 16.2. The van der Waals surface area contributed by atoms with Crippen LogP contribution in [0.4, 0.5) is 17.6 Å². The quantitative estimate of drug-likeness (QED) is 0.344. The van der Waals surface area contributed by atoms with E-state index in [0.29, 0.717) is 5.52 Å². The molecule has 3 aromatic heterocycles. The van der Waals surface area contributed by atoms with Crippen molar-refractivity contribution in [2.75, 3.05) is 18.1 Å². The summed E-state index contributed by atoms with van der Waals surface area (Å²) in [6.07, 6.45) is -2.52. The Bertz CT molecular complexity index is 1400. The molecule has 13 heteroatoms. The van der Waals surface area contributed by atoms with Crippen LogP contribution < -0.4 is 4.74 Å². The van der Waals surface area contributed by atoms with Crippen molar-refractivity contribution in [3.63, 3.8) is 0 Å². The van der Waals surface area contributed by atoms with Crippen LogP contribution in [-0.2, 0) is 9.84 Å². The molecule has 0 radical (unpaired) electrons. The number of pyridine rings is 2. The number of Topliss-reactive ketones (excluding diaryl/α,β-unsaturated/α-hetero) is 1. The summed E-state index contributed by atoms with van der Waals surface area (Å²) in [4.78, 5) is 20.7. The number of fused-ring (bicyclic) bond motifs is 1. The molecular formula is C22H22F4N4O4S. The van der Waals surface area contributed by atoms with Crippen LogP contribution in [-0.4, -0.2) is 58.2 Å². The number of carbonyl (C=O) groups is 1. The normalized spacial score (nSPS) is 16.9. The van der Waals surface area contributed by atoms with Gasteiger partial charge in [-0.15, -0.1) is 0 Å². The van der Waals surface area contributed by atoms with Gasteiger partial charge in [0.15, 0.2) is 28.0 Å². The number of hydrogen-bond acceptors (Lipinski definition) is 7. The standard InChI is InChI=1S/C22H22F4N4O4S/c1-12(2)30-16-4-13(17(31)6-21(3)10-35(32,33)11-21)7-28-20(16)19(29-30)14-5-18(27-8-15(14)23)34-9-22(24,25)26/h4-5,7-8,12H,6,9-11H2,1-3H3. The summed E-state index contributed by atoms with van der Waals surface area (Å²) in [5, 5.41) is 4.41. The van der Waals surface area contributed by atoms with Crippen molar-refractivity contribution >= 4 is 26.7 Å². The predicted molar refractivity (Wildman–Crippen MR) is 118 cm³/mol. The zero-order chi connectivity index (χ0) is 25.8. The average Bonchev–Trinajstić information content (AvgIpc) is 3.09. The van der Waals surface area contributed by atoms with Gasteiger partial charge in [0.05, 0.1) is 23.2 Å². The van der Waals surface area contributed by atoms with Crippen LogP contribution in [0.3, 0.4) is 0 Å². The summed E-state index contributed by atoms with van der Waals surface area (Å²) in [6.45, 7) is 3.77. The average molecular weight is 515 g/mol. The molecule has 188 valence electrons. The molecule has 3 aromatic rings. The van der Waals surface area contributed by atoms with Crippen LogP contribution in [0, 0.1) is 11.2 Å². The Morgan fingerprint density at radius 2 is 1.89 bits per heavy atom. The van der Waals surface area contributed by atoms with Gasteiger partial charge in [-0.05, 0) is 19.9 Å². The molecule has 0 aromatic carbocycles. The number of sulfone groups is 1. The lowest BCUT2D eigenvalue weighted by Crippen LogP contribution is -2.47. The number of halogens is 4. The summed E-state index contributed by atoms with van der Waals surface area (Å²) in [5.41, 5.74) is 0.171. The van der Waals surface area contributed by atoms with E-state index in [9.17, 15) is 30.8 Å². The largest absolute Gasteiger partial charge is 0.468 e. The molecule has 0 atom stereocenters. The van der Waals surface area contributed by atoms with Gasteiger partial charge in [0.1, 0.15) is 11.2 Å². The van der Waals surface area contributed by atoms with Gasteiger partial charge in [-0.2, -0.15) is 18.3 Å². The number of alkyl halides is 3. The third-order valence-electron chi connectivity index (χ3n) is 5.55. The number of carbonyl (C=O) groups excluding carboxylic acids is 1. The van der Waals surface area contributed by atoms with Gasteiger partial charge in [-0.1, -0.05) is 6.92 Å². The molecule has 1 aliphatic rings. The molecule has 0 unspecified atom stereocenters. The second-order valence-corrected chi connectivity index (χ2v) is 11.4. The first kappa shape index (κ1) is 25.0. The number of hydrogen-bond donors (Lipinski definition) is 0. The lowest BCUT2D eigenvalue weighted by Gasteiger charge is -2.37. The predicted octanol–water partition coefficient (Wildman–Crippen LogP) is 4.16. The van der Waals surface area contributed by atoms with E-state index in [4.69, 9.17) is 0 Å². The van der Waals surface area contributed by atoms with E-state index in [0.717, 1.165) is 12.3 Å². The highest BCUT2D eigenvalue weighted by Crippen LogP contribution is 2.37. The van der Waals surface area contributed by atoms with Crippen LogP contribution in [0.1, 0.15) is 43.6 Å². The number of ether oxygens (including phenoxy) is 1. The molecule has 1 aliphatic heterocycles. The molecule has 8 nitrogen and oxygen atoms in total. The molecule has 4 rings (SSSR count). The van der Waals surface area contributed by atoms with Crippen molar-refractivity contribution in [1.82, 2.24) is 19.7 Å². The molecule has 0 bridgehead atoms. The van der Waals surface area contributed by atoms with Crippen molar-refractivity contribution < 1.29 is 35.5 Å². The maximum absolute atomic E-state index is 14.6. The van der Waals surface area contributed by atoms with E-state index in [1.54, 1.807) is 13.0 Å². The van der Waals surface area contributed by atoms with Gasteiger partial charge in [0, 0.05) is 41.3 Å².